The molecule has 0 bridgehead atoms. The zero-order chi connectivity index (χ0) is 15.6. The minimum absolute atomic E-state index is 0.0928. The topological polar surface area (TPSA) is 68.7 Å². The molecule has 0 N–H and O–H groups in total. The SMILES string of the molecule is COC(=O)c1nc(C2CN(C(C)C)CCO2)sc1C(C)=O. The summed E-state index contributed by atoms with van der Waals surface area (Å²) in [5, 5.41) is 0.658. The zero-order valence-corrected chi connectivity index (χ0v) is 13.5. The highest BCUT2D eigenvalue weighted by atomic mass is 32.1. The summed E-state index contributed by atoms with van der Waals surface area (Å²) in [4.78, 5) is 30.3. The molecule has 0 spiro atoms. The van der Waals surface area contributed by atoms with E-state index in [1.54, 1.807) is 0 Å². The zero-order valence-electron chi connectivity index (χ0n) is 12.7. The van der Waals surface area contributed by atoms with Crippen molar-refractivity contribution in [3.05, 3.63) is 15.6 Å². The van der Waals surface area contributed by atoms with E-state index in [0.717, 1.165) is 6.54 Å². The summed E-state index contributed by atoms with van der Waals surface area (Å²) in [6.45, 7) is 7.89. The number of morpholine rings is 1. The average molecular weight is 312 g/mol. The number of nitrogens with zero attached hydrogens (tertiary/aromatic N) is 2. The van der Waals surface area contributed by atoms with Crippen molar-refractivity contribution >= 4 is 23.1 Å². The number of esters is 1. The van der Waals surface area contributed by atoms with Gasteiger partial charge in [-0.1, -0.05) is 0 Å². The Kier molecular flexibility index (Phi) is 5.08. The van der Waals surface area contributed by atoms with E-state index < -0.39 is 5.97 Å². The van der Waals surface area contributed by atoms with Crippen molar-refractivity contribution in [2.24, 2.45) is 0 Å². The Morgan fingerprint density at radius 1 is 1.48 bits per heavy atom. The van der Waals surface area contributed by atoms with Crippen LogP contribution in [-0.4, -0.2) is 54.5 Å². The molecule has 7 heteroatoms. The number of rotatable bonds is 4. The Morgan fingerprint density at radius 2 is 2.19 bits per heavy atom. The van der Waals surface area contributed by atoms with Gasteiger partial charge in [-0.3, -0.25) is 9.69 Å². The number of ketones is 1. The van der Waals surface area contributed by atoms with Gasteiger partial charge in [0.05, 0.1) is 13.7 Å². The first-order valence-corrected chi connectivity index (χ1v) is 7.71. The molecule has 1 fully saturated rings. The number of thiazole rings is 1. The summed E-state index contributed by atoms with van der Waals surface area (Å²) < 4.78 is 10.4. The molecule has 2 rings (SSSR count). The highest BCUT2D eigenvalue weighted by molar-refractivity contribution is 7.14. The van der Waals surface area contributed by atoms with Gasteiger partial charge < -0.3 is 9.47 Å². The summed E-state index contributed by atoms with van der Waals surface area (Å²) in [6.07, 6.45) is -0.206. The van der Waals surface area contributed by atoms with Crippen LogP contribution in [0.3, 0.4) is 0 Å². The van der Waals surface area contributed by atoms with E-state index in [4.69, 9.17) is 4.74 Å². The molecule has 0 aromatic carbocycles. The van der Waals surface area contributed by atoms with Crippen LogP contribution in [0.2, 0.25) is 0 Å². The van der Waals surface area contributed by atoms with Gasteiger partial charge in [0.25, 0.3) is 0 Å². The van der Waals surface area contributed by atoms with Gasteiger partial charge in [0, 0.05) is 26.1 Å². The first kappa shape index (κ1) is 16.1. The third-order valence-corrected chi connectivity index (χ3v) is 4.69. The molecule has 0 saturated carbocycles. The van der Waals surface area contributed by atoms with E-state index in [1.165, 1.54) is 25.4 Å². The molecular weight excluding hydrogens is 292 g/mol. The fraction of sp³-hybridized carbons (Fsp3) is 0.643. The maximum atomic E-state index is 11.7. The molecule has 1 aliphatic rings. The van der Waals surface area contributed by atoms with Gasteiger partial charge in [0.1, 0.15) is 16.0 Å². The minimum Gasteiger partial charge on any atom is -0.464 e. The predicted molar refractivity (Wildman–Crippen MR) is 78.9 cm³/mol. The fourth-order valence-corrected chi connectivity index (χ4v) is 3.23. The van der Waals surface area contributed by atoms with E-state index >= 15 is 0 Å². The first-order valence-electron chi connectivity index (χ1n) is 6.89. The van der Waals surface area contributed by atoms with Crippen molar-refractivity contribution in [3.8, 4) is 0 Å². The van der Waals surface area contributed by atoms with Crippen LogP contribution in [0.5, 0.6) is 0 Å². The molecule has 2 heterocycles. The Labute approximate surface area is 128 Å². The third kappa shape index (κ3) is 3.48. The van der Waals surface area contributed by atoms with E-state index in [-0.39, 0.29) is 17.6 Å². The van der Waals surface area contributed by atoms with E-state index in [9.17, 15) is 9.59 Å². The summed E-state index contributed by atoms with van der Waals surface area (Å²) in [5.41, 5.74) is 0.0928. The molecule has 0 amide bonds. The second kappa shape index (κ2) is 6.64. The van der Waals surface area contributed by atoms with Crippen LogP contribution < -0.4 is 0 Å². The van der Waals surface area contributed by atoms with Crippen molar-refractivity contribution < 1.29 is 19.1 Å². The van der Waals surface area contributed by atoms with Gasteiger partial charge in [0.2, 0.25) is 0 Å². The van der Waals surface area contributed by atoms with Crippen molar-refractivity contribution in [2.45, 2.75) is 32.9 Å². The van der Waals surface area contributed by atoms with Crippen LogP contribution in [0.15, 0.2) is 0 Å². The number of ether oxygens (including phenoxy) is 2. The summed E-state index contributed by atoms with van der Waals surface area (Å²) in [6, 6.07) is 0.420. The highest BCUT2D eigenvalue weighted by Crippen LogP contribution is 2.30. The van der Waals surface area contributed by atoms with Gasteiger partial charge in [-0.25, -0.2) is 9.78 Å². The Bertz CT molecular complexity index is 541. The standard InChI is InChI=1S/C14H20N2O4S/c1-8(2)16-5-6-20-10(7-16)13-15-11(14(18)19-4)12(21-13)9(3)17/h8,10H,5-7H2,1-4H3. The number of methoxy groups -OCH3 is 1. The normalized spacial score (nSPS) is 19.8. The van der Waals surface area contributed by atoms with Gasteiger partial charge in [-0.2, -0.15) is 0 Å². The number of carbonyl (C=O) groups excluding carboxylic acids is 2. The van der Waals surface area contributed by atoms with Crippen LogP contribution in [0.1, 0.15) is 52.0 Å². The number of hydrogen-bond acceptors (Lipinski definition) is 7. The Morgan fingerprint density at radius 3 is 2.76 bits per heavy atom. The lowest BCUT2D eigenvalue weighted by Crippen LogP contribution is -2.42. The lowest BCUT2D eigenvalue weighted by atomic mass is 10.2. The molecule has 21 heavy (non-hydrogen) atoms. The number of carbonyl (C=O) groups is 2. The fourth-order valence-electron chi connectivity index (χ4n) is 2.24. The van der Waals surface area contributed by atoms with Crippen molar-refractivity contribution in [1.29, 1.82) is 0 Å². The molecular formula is C14H20N2O4S. The van der Waals surface area contributed by atoms with E-state index in [1.807, 2.05) is 0 Å². The molecule has 0 aliphatic carbocycles. The maximum Gasteiger partial charge on any atom is 0.358 e. The third-order valence-electron chi connectivity index (χ3n) is 3.45. The number of Topliss-reactive ketones (excluding diaryl/α,β-unsaturated/α-hetero) is 1. The summed E-state index contributed by atoms with van der Waals surface area (Å²) in [5.74, 6) is -0.769. The smallest absolute Gasteiger partial charge is 0.358 e. The van der Waals surface area contributed by atoms with Crippen LogP contribution in [0.25, 0.3) is 0 Å². The Hall–Kier alpha value is -1.31. The van der Waals surface area contributed by atoms with Crippen LogP contribution >= 0.6 is 11.3 Å². The summed E-state index contributed by atoms with van der Waals surface area (Å²) >= 11 is 1.22. The minimum atomic E-state index is -0.584. The molecule has 116 valence electrons. The van der Waals surface area contributed by atoms with Gasteiger partial charge in [0.15, 0.2) is 11.5 Å². The molecule has 1 saturated heterocycles. The van der Waals surface area contributed by atoms with E-state index in [0.29, 0.717) is 29.1 Å². The van der Waals surface area contributed by atoms with Crippen molar-refractivity contribution in [3.63, 3.8) is 0 Å². The molecule has 6 nitrogen and oxygen atoms in total. The van der Waals surface area contributed by atoms with Crippen molar-refractivity contribution in [2.75, 3.05) is 26.8 Å². The van der Waals surface area contributed by atoms with Gasteiger partial charge in [-0.05, 0) is 13.8 Å². The van der Waals surface area contributed by atoms with E-state index in [2.05, 4.69) is 28.5 Å². The monoisotopic (exact) mass is 312 g/mol. The summed E-state index contributed by atoms with van der Waals surface area (Å²) in [7, 11) is 1.28. The average Bonchev–Trinajstić information content (AvgIpc) is 2.92. The van der Waals surface area contributed by atoms with Crippen LogP contribution in [-0.2, 0) is 9.47 Å². The molecule has 1 aromatic heterocycles. The first-order chi connectivity index (χ1) is 9.93. The van der Waals surface area contributed by atoms with Gasteiger partial charge >= 0.3 is 5.97 Å². The Balaban J connectivity index is 2.27. The number of hydrogen-bond donors (Lipinski definition) is 0. The van der Waals surface area contributed by atoms with Gasteiger partial charge in [-0.15, -0.1) is 11.3 Å². The largest absolute Gasteiger partial charge is 0.464 e. The molecule has 1 aliphatic heterocycles. The van der Waals surface area contributed by atoms with Crippen LogP contribution in [0.4, 0.5) is 0 Å². The van der Waals surface area contributed by atoms with Crippen LogP contribution in [0, 0.1) is 0 Å². The molecule has 0 radical (unpaired) electrons. The predicted octanol–water partition coefficient (Wildman–Crippen LogP) is 1.91. The second-order valence-corrected chi connectivity index (χ2v) is 6.26. The second-order valence-electron chi connectivity index (χ2n) is 5.23. The lowest BCUT2D eigenvalue weighted by molar-refractivity contribution is -0.0403. The van der Waals surface area contributed by atoms with Crippen molar-refractivity contribution in [1.82, 2.24) is 9.88 Å². The maximum absolute atomic E-state index is 11.7. The molecule has 1 atom stereocenters. The molecule has 1 unspecified atom stereocenters. The quantitative estimate of drug-likeness (QED) is 0.625. The lowest BCUT2D eigenvalue weighted by Gasteiger charge is -2.34. The highest BCUT2D eigenvalue weighted by Gasteiger charge is 2.29. The number of aromatic nitrogens is 1. The molecule has 1 aromatic rings.